The van der Waals surface area contributed by atoms with Gasteiger partial charge in [0, 0.05) is 23.2 Å². The van der Waals surface area contributed by atoms with Gasteiger partial charge >= 0.3 is 0 Å². The van der Waals surface area contributed by atoms with E-state index in [2.05, 4.69) is 39.2 Å². The minimum Gasteiger partial charge on any atom is -0.346 e. The largest absolute Gasteiger partial charge is 0.346 e. The van der Waals surface area contributed by atoms with E-state index in [1.54, 1.807) is 0 Å². The Morgan fingerprint density at radius 3 is 2.92 bits per heavy atom. The standard InChI is InChI=1S/C18H26N6/c1-18(7-8-18)21-10-12-2-4-13(5-3-12)15-16-14-6-9-19-17(14)20-11-24(16)23-22-15/h6,9,11-13,19,21-23H,2-5,7-8,10H2,1H3/t12-,13-. The second kappa shape index (κ2) is 5.36. The van der Waals surface area contributed by atoms with Crippen LogP contribution in [0.1, 0.15) is 51.0 Å². The molecule has 4 N–H and O–H groups in total. The molecule has 0 radical (unpaired) electrons. The molecule has 3 heterocycles. The Morgan fingerprint density at radius 1 is 1.29 bits per heavy atom. The molecule has 0 amide bonds. The van der Waals surface area contributed by atoms with Crippen molar-refractivity contribution in [2.24, 2.45) is 16.8 Å². The molecule has 24 heavy (non-hydrogen) atoms. The second-order valence-corrected chi connectivity index (χ2v) is 8.01. The number of aromatic amines is 1. The van der Waals surface area contributed by atoms with Crippen LogP contribution in [0.4, 0.5) is 5.82 Å². The lowest BCUT2D eigenvalue weighted by Crippen LogP contribution is -2.38. The predicted molar refractivity (Wildman–Crippen MR) is 95.1 cm³/mol. The van der Waals surface area contributed by atoms with Gasteiger partial charge in [0.2, 0.25) is 0 Å². The van der Waals surface area contributed by atoms with Gasteiger partial charge in [-0.3, -0.25) is 0 Å². The van der Waals surface area contributed by atoms with Gasteiger partial charge in [-0.05, 0) is 64.0 Å². The molecule has 6 nitrogen and oxygen atoms in total. The molecule has 0 saturated heterocycles. The van der Waals surface area contributed by atoms with Crippen molar-refractivity contribution < 1.29 is 0 Å². The summed E-state index contributed by atoms with van der Waals surface area (Å²) < 4.78 is 0. The van der Waals surface area contributed by atoms with E-state index in [1.807, 2.05) is 17.5 Å². The average Bonchev–Trinajstić information content (AvgIpc) is 3.03. The zero-order chi connectivity index (χ0) is 16.1. The lowest BCUT2D eigenvalue weighted by molar-refractivity contribution is 0.274. The molecule has 1 aromatic heterocycles. The Balaban J connectivity index is 1.28. The van der Waals surface area contributed by atoms with Crippen molar-refractivity contribution in [3.63, 3.8) is 0 Å². The number of aromatic nitrogens is 1. The highest BCUT2D eigenvalue weighted by molar-refractivity contribution is 5.87. The predicted octanol–water partition coefficient (Wildman–Crippen LogP) is 2.63. The summed E-state index contributed by atoms with van der Waals surface area (Å²) in [6.07, 6.45) is 11.7. The molecule has 1 aromatic rings. The van der Waals surface area contributed by atoms with Crippen molar-refractivity contribution in [3.05, 3.63) is 23.5 Å². The molecule has 6 heteroatoms. The average molecular weight is 326 g/mol. The Morgan fingerprint density at radius 2 is 2.12 bits per heavy atom. The molecule has 0 spiro atoms. The number of aliphatic imine (C=N–C) groups is 1. The van der Waals surface area contributed by atoms with Gasteiger partial charge < -0.3 is 15.7 Å². The van der Waals surface area contributed by atoms with Gasteiger partial charge in [0.1, 0.15) is 12.2 Å². The zero-order valence-electron chi connectivity index (χ0n) is 14.2. The number of nitrogens with zero attached hydrogens (tertiary/aromatic N) is 2. The quantitative estimate of drug-likeness (QED) is 0.687. The first-order valence-corrected chi connectivity index (χ1v) is 9.24. The normalized spacial score (nSPS) is 30.1. The Kier molecular flexibility index (Phi) is 3.25. The first-order valence-electron chi connectivity index (χ1n) is 9.24. The third-order valence-corrected chi connectivity index (χ3v) is 6.16. The summed E-state index contributed by atoms with van der Waals surface area (Å²) in [6, 6.07) is 2.12. The Bertz CT molecular complexity index is 690. The van der Waals surface area contributed by atoms with Crippen LogP contribution in [0.15, 0.2) is 23.0 Å². The highest BCUT2D eigenvalue weighted by atomic mass is 15.7. The monoisotopic (exact) mass is 326 g/mol. The van der Waals surface area contributed by atoms with Gasteiger partial charge in [0.15, 0.2) is 0 Å². The minimum absolute atomic E-state index is 0.463. The second-order valence-electron chi connectivity index (χ2n) is 8.01. The van der Waals surface area contributed by atoms with Crippen molar-refractivity contribution in [3.8, 4) is 0 Å². The smallest absolute Gasteiger partial charge is 0.141 e. The van der Waals surface area contributed by atoms with E-state index in [-0.39, 0.29) is 0 Å². The van der Waals surface area contributed by atoms with Crippen LogP contribution in [0.3, 0.4) is 0 Å². The van der Waals surface area contributed by atoms with Crippen LogP contribution >= 0.6 is 0 Å². The molecule has 0 unspecified atom stereocenters. The number of nitrogens with one attached hydrogen (secondary N) is 4. The lowest BCUT2D eigenvalue weighted by atomic mass is 9.79. The highest BCUT2D eigenvalue weighted by Gasteiger charge is 2.38. The lowest BCUT2D eigenvalue weighted by Gasteiger charge is -2.30. The van der Waals surface area contributed by atoms with E-state index >= 15 is 0 Å². The molecule has 0 aromatic carbocycles. The molecule has 2 aliphatic carbocycles. The zero-order valence-corrected chi connectivity index (χ0v) is 14.2. The van der Waals surface area contributed by atoms with Crippen LogP contribution in [0.2, 0.25) is 0 Å². The summed E-state index contributed by atoms with van der Waals surface area (Å²) in [5.41, 5.74) is 10.9. The van der Waals surface area contributed by atoms with Crippen LogP contribution in [0, 0.1) is 11.8 Å². The number of hydrogen-bond acceptors (Lipinski definition) is 5. The van der Waals surface area contributed by atoms with Crippen molar-refractivity contribution in [2.45, 2.75) is 51.0 Å². The fourth-order valence-corrected chi connectivity index (χ4v) is 4.21. The first kappa shape index (κ1) is 14.5. The summed E-state index contributed by atoms with van der Waals surface area (Å²) in [6.45, 7) is 3.55. The van der Waals surface area contributed by atoms with E-state index in [9.17, 15) is 0 Å². The number of H-pyrrole nitrogens is 1. The molecule has 128 valence electrons. The van der Waals surface area contributed by atoms with Gasteiger partial charge in [-0.1, -0.05) is 0 Å². The molecule has 2 saturated carbocycles. The van der Waals surface area contributed by atoms with Crippen LogP contribution in [0.25, 0.3) is 5.70 Å². The molecule has 0 atom stereocenters. The Hall–Kier alpha value is -1.79. The van der Waals surface area contributed by atoms with Gasteiger partial charge in [0.05, 0.1) is 11.4 Å². The maximum atomic E-state index is 4.44. The van der Waals surface area contributed by atoms with E-state index in [4.69, 9.17) is 0 Å². The number of allylic oxidation sites excluding steroid dienone is 1. The van der Waals surface area contributed by atoms with Gasteiger partial charge in [-0.15, -0.1) is 5.53 Å². The summed E-state index contributed by atoms with van der Waals surface area (Å²) in [5.74, 6) is 2.41. The number of fused-ring (bicyclic) bond motifs is 3. The van der Waals surface area contributed by atoms with Crippen molar-refractivity contribution in [1.82, 2.24) is 26.3 Å². The van der Waals surface area contributed by atoms with Crippen molar-refractivity contribution in [2.75, 3.05) is 6.54 Å². The van der Waals surface area contributed by atoms with Gasteiger partial charge in [-0.25, -0.2) is 10.0 Å². The molecular formula is C18H26N6. The molecular weight excluding hydrogens is 300 g/mol. The molecule has 2 fully saturated rings. The fraction of sp³-hybridized carbons (Fsp3) is 0.611. The first-order chi connectivity index (χ1) is 11.7. The van der Waals surface area contributed by atoms with E-state index in [1.165, 1.54) is 62.0 Å². The fourth-order valence-electron chi connectivity index (χ4n) is 4.21. The third kappa shape index (κ3) is 2.45. The summed E-state index contributed by atoms with van der Waals surface area (Å²) in [4.78, 5) is 7.66. The molecule has 0 bridgehead atoms. The number of hydrogen-bond donors (Lipinski definition) is 4. The number of rotatable bonds is 4. The van der Waals surface area contributed by atoms with Crippen LogP contribution in [0.5, 0.6) is 0 Å². The SMILES string of the molecule is CC1(NC[C@H]2CC[C@H](C3=C4c5cc[nH]c5N=CN4NN3)CC2)CC1. The van der Waals surface area contributed by atoms with Crippen molar-refractivity contribution >= 4 is 17.9 Å². The third-order valence-electron chi connectivity index (χ3n) is 6.16. The summed E-state index contributed by atoms with van der Waals surface area (Å²) in [7, 11) is 0. The Labute approximate surface area is 142 Å². The minimum atomic E-state index is 0.463. The maximum absolute atomic E-state index is 4.44. The highest BCUT2D eigenvalue weighted by Crippen LogP contribution is 2.41. The summed E-state index contributed by atoms with van der Waals surface area (Å²) in [5, 5.41) is 5.78. The van der Waals surface area contributed by atoms with Crippen LogP contribution in [-0.4, -0.2) is 28.4 Å². The molecule has 4 aliphatic rings. The van der Waals surface area contributed by atoms with Crippen LogP contribution in [-0.2, 0) is 0 Å². The number of hydrazine groups is 2. The van der Waals surface area contributed by atoms with E-state index < -0.39 is 0 Å². The molecule has 2 aliphatic heterocycles. The summed E-state index contributed by atoms with van der Waals surface area (Å²) >= 11 is 0. The molecule has 5 rings (SSSR count). The van der Waals surface area contributed by atoms with E-state index in [0.717, 1.165) is 11.7 Å². The van der Waals surface area contributed by atoms with Crippen molar-refractivity contribution in [1.29, 1.82) is 0 Å². The van der Waals surface area contributed by atoms with Gasteiger partial charge in [-0.2, -0.15) is 0 Å². The topological polar surface area (TPSA) is 67.5 Å². The van der Waals surface area contributed by atoms with Crippen LogP contribution < -0.4 is 16.3 Å². The van der Waals surface area contributed by atoms with E-state index in [0.29, 0.717) is 11.5 Å². The van der Waals surface area contributed by atoms with Gasteiger partial charge in [0.25, 0.3) is 0 Å². The maximum Gasteiger partial charge on any atom is 0.141 e.